The van der Waals surface area contributed by atoms with Crippen molar-refractivity contribution in [3.8, 4) is 0 Å². The maximum Gasteiger partial charge on any atom is 0.104 e. The van der Waals surface area contributed by atoms with Gasteiger partial charge in [-0.15, -0.1) is 0 Å². The summed E-state index contributed by atoms with van der Waals surface area (Å²) < 4.78 is 17.0. The molecule has 116 valence electrons. The van der Waals surface area contributed by atoms with Gasteiger partial charge in [0.1, 0.15) is 6.10 Å². The van der Waals surface area contributed by atoms with Gasteiger partial charge in [-0.2, -0.15) is 0 Å². The molecule has 1 saturated heterocycles. The van der Waals surface area contributed by atoms with Crippen molar-refractivity contribution in [2.45, 2.75) is 38.7 Å². The third kappa shape index (κ3) is 3.19. The van der Waals surface area contributed by atoms with E-state index in [9.17, 15) is 0 Å². The minimum atomic E-state index is 0.213. The van der Waals surface area contributed by atoms with Gasteiger partial charge in [0, 0.05) is 18.6 Å². The SMILES string of the molecule is CC1CC2CC1C(COCCCO)(COCC1CO1)C2. The van der Waals surface area contributed by atoms with Crippen LogP contribution in [0.1, 0.15) is 32.6 Å². The van der Waals surface area contributed by atoms with Crippen LogP contribution in [0.4, 0.5) is 0 Å². The maximum atomic E-state index is 8.86. The molecule has 2 saturated carbocycles. The highest BCUT2D eigenvalue weighted by molar-refractivity contribution is 5.03. The molecule has 0 aromatic rings. The van der Waals surface area contributed by atoms with Crippen molar-refractivity contribution in [1.29, 1.82) is 0 Å². The van der Waals surface area contributed by atoms with Crippen LogP contribution in [0, 0.1) is 23.2 Å². The molecule has 1 aliphatic heterocycles. The number of hydrogen-bond donors (Lipinski definition) is 1. The second-order valence-electron chi connectivity index (χ2n) is 7.09. The predicted molar refractivity (Wildman–Crippen MR) is 75.5 cm³/mol. The number of aliphatic hydroxyl groups excluding tert-OH is 1. The van der Waals surface area contributed by atoms with Gasteiger partial charge in [-0.1, -0.05) is 6.92 Å². The molecular weight excluding hydrogens is 256 g/mol. The lowest BCUT2D eigenvalue weighted by Gasteiger charge is -2.40. The highest BCUT2D eigenvalue weighted by Crippen LogP contribution is 2.58. The summed E-state index contributed by atoms with van der Waals surface area (Å²) in [4.78, 5) is 0. The zero-order valence-electron chi connectivity index (χ0n) is 12.6. The molecule has 3 fully saturated rings. The van der Waals surface area contributed by atoms with E-state index in [0.29, 0.717) is 12.7 Å². The molecule has 4 nitrogen and oxygen atoms in total. The van der Waals surface area contributed by atoms with Crippen molar-refractivity contribution >= 4 is 0 Å². The van der Waals surface area contributed by atoms with Crippen LogP contribution in [0.5, 0.6) is 0 Å². The quantitative estimate of drug-likeness (QED) is 0.518. The maximum absolute atomic E-state index is 8.86. The number of ether oxygens (including phenoxy) is 3. The Balaban J connectivity index is 1.54. The molecule has 2 aliphatic carbocycles. The number of fused-ring (bicyclic) bond motifs is 2. The fraction of sp³-hybridized carbons (Fsp3) is 1.00. The monoisotopic (exact) mass is 284 g/mol. The largest absolute Gasteiger partial charge is 0.396 e. The number of aliphatic hydroxyl groups is 1. The van der Waals surface area contributed by atoms with Crippen LogP contribution in [-0.2, 0) is 14.2 Å². The van der Waals surface area contributed by atoms with E-state index in [0.717, 1.165) is 50.6 Å². The molecule has 0 aromatic carbocycles. The Bertz CT molecular complexity index is 318. The number of hydrogen-bond acceptors (Lipinski definition) is 4. The molecule has 3 aliphatic rings. The van der Waals surface area contributed by atoms with Crippen molar-refractivity contribution in [1.82, 2.24) is 0 Å². The lowest BCUT2D eigenvalue weighted by molar-refractivity contribution is -0.0674. The van der Waals surface area contributed by atoms with Gasteiger partial charge < -0.3 is 19.3 Å². The molecule has 2 bridgehead atoms. The first-order valence-corrected chi connectivity index (χ1v) is 8.11. The summed E-state index contributed by atoms with van der Waals surface area (Å²) in [6.45, 7) is 6.48. The van der Waals surface area contributed by atoms with Crippen molar-refractivity contribution in [3.63, 3.8) is 0 Å². The van der Waals surface area contributed by atoms with Crippen LogP contribution in [0.25, 0.3) is 0 Å². The van der Waals surface area contributed by atoms with Gasteiger partial charge in [0.15, 0.2) is 0 Å². The Hall–Kier alpha value is -0.160. The highest BCUT2D eigenvalue weighted by atomic mass is 16.6. The van der Waals surface area contributed by atoms with Gasteiger partial charge in [0.2, 0.25) is 0 Å². The number of rotatable bonds is 9. The molecule has 4 heteroatoms. The van der Waals surface area contributed by atoms with Crippen LogP contribution < -0.4 is 0 Å². The average molecular weight is 284 g/mol. The van der Waals surface area contributed by atoms with Crippen LogP contribution in [0.2, 0.25) is 0 Å². The standard InChI is InChI=1S/C16H28O4/c1-12-5-13-6-15(12)16(7-13,10-18-4-2-3-17)11-19-8-14-9-20-14/h12-15,17H,2-11H2,1H3. The highest BCUT2D eigenvalue weighted by Gasteiger charge is 2.54. The molecule has 0 radical (unpaired) electrons. The van der Waals surface area contributed by atoms with Crippen LogP contribution >= 0.6 is 0 Å². The second-order valence-corrected chi connectivity index (χ2v) is 7.09. The summed E-state index contributed by atoms with van der Waals surface area (Å²) in [7, 11) is 0. The summed E-state index contributed by atoms with van der Waals surface area (Å²) in [5.74, 6) is 2.43. The van der Waals surface area contributed by atoms with E-state index in [1.165, 1.54) is 19.3 Å². The van der Waals surface area contributed by atoms with Gasteiger partial charge in [-0.3, -0.25) is 0 Å². The van der Waals surface area contributed by atoms with Crippen molar-refractivity contribution in [2.24, 2.45) is 23.2 Å². The molecule has 5 atom stereocenters. The Morgan fingerprint density at radius 2 is 2.05 bits per heavy atom. The van der Waals surface area contributed by atoms with Gasteiger partial charge in [0.25, 0.3) is 0 Å². The van der Waals surface area contributed by atoms with E-state index in [-0.39, 0.29) is 12.0 Å². The Labute approximate surface area is 121 Å². The van der Waals surface area contributed by atoms with Gasteiger partial charge in [-0.25, -0.2) is 0 Å². The molecule has 0 spiro atoms. The smallest absolute Gasteiger partial charge is 0.104 e. The first-order valence-electron chi connectivity index (χ1n) is 8.11. The zero-order valence-corrected chi connectivity index (χ0v) is 12.6. The summed E-state index contributed by atoms with van der Waals surface area (Å²) in [6, 6.07) is 0. The van der Waals surface area contributed by atoms with Crippen molar-refractivity contribution in [2.75, 3.05) is 39.6 Å². The fourth-order valence-corrected chi connectivity index (χ4v) is 4.50. The molecule has 20 heavy (non-hydrogen) atoms. The predicted octanol–water partition coefficient (Wildman–Crippen LogP) is 1.85. The van der Waals surface area contributed by atoms with E-state index >= 15 is 0 Å². The average Bonchev–Trinajstić information content (AvgIpc) is 3.08. The van der Waals surface area contributed by atoms with Crippen LogP contribution in [0.15, 0.2) is 0 Å². The lowest BCUT2D eigenvalue weighted by Crippen LogP contribution is -2.41. The van der Waals surface area contributed by atoms with Gasteiger partial charge in [0.05, 0.1) is 26.4 Å². The normalized spacial score (nSPS) is 42.3. The van der Waals surface area contributed by atoms with Gasteiger partial charge >= 0.3 is 0 Å². The summed E-state index contributed by atoms with van der Waals surface area (Å²) in [5.41, 5.74) is 0.215. The van der Waals surface area contributed by atoms with E-state index in [1.54, 1.807) is 0 Å². The summed E-state index contributed by atoms with van der Waals surface area (Å²) >= 11 is 0. The molecule has 0 aromatic heterocycles. The topological polar surface area (TPSA) is 51.2 Å². The molecule has 0 amide bonds. The van der Waals surface area contributed by atoms with E-state index in [2.05, 4.69) is 6.92 Å². The Morgan fingerprint density at radius 1 is 1.25 bits per heavy atom. The molecule has 1 heterocycles. The van der Waals surface area contributed by atoms with E-state index in [1.807, 2.05) is 0 Å². The minimum Gasteiger partial charge on any atom is -0.396 e. The molecule has 1 N–H and O–H groups in total. The first kappa shape index (κ1) is 14.8. The van der Waals surface area contributed by atoms with Crippen molar-refractivity contribution < 1.29 is 19.3 Å². The van der Waals surface area contributed by atoms with Gasteiger partial charge in [-0.05, 0) is 43.4 Å². The molecule has 3 rings (SSSR count). The number of epoxide rings is 1. The van der Waals surface area contributed by atoms with Crippen LogP contribution in [0.3, 0.4) is 0 Å². The lowest BCUT2D eigenvalue weighted by atomic mass is 9.70. The Morgan fingerprint density at radius 3 is 2.70 bits per heavy atom. The Kier molecular flexibility index (Phi) is 4.65. The first-order chi connectivity index (χ1) is 9.73. The molecule has 5 unspecified atom stereocenters. The summed E-state index contributed by atoms with van der Waals surface area (Å²) in [5, 5.41) is 8.86. The minimum absolute atomic E-state index is 0.213. The second kappa shape index (κ2) is 6.30. The third-order valence-electron chi connectivity index (χ3n) is 5.39. The van der Waals surface area contributed by atoms with Crippen LogP contribution in [-0.4, -0.2) is 50.9 Å². The van der Waals surface area contributed by atoms with Crippen molar-refractivity contribution in [3.05, 3.63) is 0 Å². The zero-order chi connectivity index (χ0) is 14.0. The molecular formula is C16H28O4. The fourth-order valence-electron chi connectivity index (χ4n) is 4.50. The summed E-state index contributed by atoms with van der Waals surface area (Å²) in [6.07, 6.45) is 5.07. The van der Waals surface area contributed by atoms with E-state index in [4.69, 9.17) is 19.3 Å². The third-order valence-corrected chi connectivity index (χ3v) is 5.39. The van der Waals surface area contributed by atoms with E-state index < -0.39 is 0 Å².